The number of anilines is 3. The smallest absolute Gasteiger partial charge is 0.225 e. The van der Waals surface area contributed by atoms with Gasteiger partial charge in [0.25, 0.3) is 0 Å². The molecule has 172 valence electrons. The Kier molecular flexibility index (Phi) is 7.59. The van der Waals surface area contributed by atoms with Crippen molar-refractivity contribution in [1.29, 1.82) is 0 Å². The summed E-state index contributed by atoms with van der Waals surface area (Å²) < 4.78 is 0. The van der Waals surface area contributed by atoms with Crippen LogP contribution in [-0.2, 0) is 12.8 Å². The zero-order valence-corrected chi connectivity index (χ0v) is 20.9. The second-order valence-electron chi connectivity index (χ2n) is 8.81. The number of hydrogen-bond acceptors (Lipinski definition) is 5. The number of thiocarbonyl (C=S) groups is 1. The van der Waals surface area contributed by atoms with Gasteiger partial charge in [-0.15, -0.1) is 0 Å². The molecule has 2 aliphatic rings. The van der Waals surface area contributed by atoms with Crippen LogP contribution in [0.1, 0.15) is 49.8 Å². The Morgan fingerprint density at radius 3 is 2.50 bits per heavy atom. The van der Waals surface area contributed by atoms with Crippen LogP contribution >= 0.6 is 35.4 Å². The molecule has 0 unspecified atom stereocenters. The maximum Gasteiger partial charge on any atom is 0.225 e. The van der Waals surface area contributed by atoms with Crippen LogP contribution in [0, 0.1) is 0 Å². The van der Waals surface area contributed by atoms with Crippen LogP contribution in [0.3, 0.4) is 0 Å². The summed E-state index contributed by atoms with van der Waals surface area (Å²) in [5, 5.41) is 12.0. The lowest BCUT2D eigenvalue weighted by atomic mass is 9.91. The molecule has 0 aliphatic heterocycles. The number of benzene rings is 1. The lowest BCUT2D eigenvalue weighted by Gasteiger charge is -2.31. The lowest BCUT2D eigenvalue weighted by Crippen LogP contribution is -2.42. The number of fused-ring (bicyclic) bond motifs is 1. The Bertz CT molecular complexity index is 975. The number of nitrogens with zero attached hydrogens (tertiary/aromatic N) is 3. The molecule has 32 heavy (non-hydrogen) atoms. The molecule has 1 saturated carbocycles. The molecule has 0 amide bonds. The van der Waals surface area contributed by atoms with Crippen molar-refractivity contribution in [2.24, 2.45) is 0 Å². The monoisotopic (exact) mass is 492 g/mol. The highest BCUT2D eigenvalue weighted by Crippen LogP contribution is 2.30. The number of aryl methyl sites for hydroxylation is 1. The summed E-state index contributed by atoms with van der Waals surface area (Å²) in [6.45, 7) is 0. The van der Waals surface area contributed by atoms with E-state index >= 15 is 0 Å². The molecule has 3 N–H and O–H groups in total. The van der Waals surface area contributed by atoms with Gasteiger partial charge in [0.05, 0.1) is 16.4 Å². The predicted molar refractivity (Wildman–Crippen MR) is 138 cm³/mol. The van der Waals surface area contributed by atoms with Crippen molar-refractivity contribution in [3.63, 3.8) is 0 Å². The van der Waals surface area contributed by atoms with Crippen LogP contribution in [-0.4, -0.2) is 41.3 Å². The minimum atomic E-state index is 0.327. The van der Waals surface area contributed by atoms with Crippen molar-refractivity contribution in [3.05, 3.63) is 39.5 Å². The van der Waals surface area contributed by atoms with Gasteiger partial charge in [0.2, 0.25) is 5.95 Å². The maximum atomic E-state index is 6.22. The summed E-state index contributed by atoms with van der Waals surface area (Å²) in [5.74, 6) is 1.82. The van der Waals surface area contributed by atoms with E-state index in [9.17, 15) is 0 Å². The van der Waals surface area contributed by atoms with Gasteiger partial charge in [0.1, 0.15) is 5.82 Å². The molecule has 0 atom stereocenters. The number of halogens is 2. The fourth-order valence-electron chi connectivity index (χ4n) is 4.51. The largest absolute Gasteiger partial charge is 0.362 e. The normalized spacial score (nSPS) is 20.2. The molecule has 2 aromatic rings. The molecule has 0 saturated heterocycles. The van der Waals surface area contributed by atoms with Gasteiger partial charge in [0, 0.05) is 36.8 Å². The van der Waals surface area contributed by atoms with Gasteiger partial charge >= 0.3 is 0 Å². The summed E-state index contributed by atoms with van der Waals surface area (Å²) in [7, 11) is 4.12. The standard InChI is InChI=1S/C23H30Cl2N6S/c1-31(2)21-17-5-3-4-6-19(17)28-22(30-21)26-15-8-10-16(11-9-15)27-23(32)29-20-13-14(24)7-12-18(20)25/h7,12-13,15-16H,3-6,8-11H2,1-2H3,(H,26,28,30)(H2,27,29,32)/t15-,16+. The topological polar surface area (TPSA) is 65.1 Å². The molecule has 2 aliphatic carbocycles. The van der Waals surface area contributed by atoms with Crippen molar-refractivity contribution >= 4 is 58.0 Å². The summed E-state index contributed by atoms with van der Waals surface area (Å²) in [6, 6.07) is 5.99. The Labute approximate surface area is 205 Å². The van der Waals surface area contributed by atoms with Gasteiger partial charge < -0.3 is 20.9 Å². The number of rotatable bonds is 5. The van der Waals surface area contributed by atoms with Crippen molar-refractivity contribution in [2.45, 2.75) is 63.5 Å². The van der Waals surface area contributed by atoms with Crippen LogP contribution in [0.5, 0.6) is 0 Å². The van der Waals surface area contributed by atoms with E-state index in [0.29, 0.717) is 32.9 Å². The molecule has 1 heterocycles. The fraction of sp³-hybridized carbons (Fsp3) is 0.522. The quantitative estimate of drug-likeness (QED) is 0.480. The third kappa shape index (κ3) is 5.74. The molecule has 0 radical (unpaired) electrons. The Morgan fingerprint density at radius 1 is 1.03 bits per heavy atom. The van der Waals surface area contributed by atoms with E-state index < -0.39 is 0 Å². The summed E-state index contributed by atoms with van der Waals surface area (Å²) in [6.07, 6.45) is 8.68. The first-order valence-corrected chi connectivity index (χ1v) is 12.4. The second kappa shape index (κ2) is 10.4. The molecule has 1 aromatic carbocycles. The molecule has 4 rings (SSSR count). The van der Waals surface area contributed by atoms with E-state index in [-0.39, 0.29) is 0 Å². The summed E-state index contributed by atoms with van der Waals surface area (Å²) >= 11 is 17.8. The Balaban J connectivity index is 1.31. The second-order valence-corrected chi connectivity index (χ2v) is 10.1. The molecular weight excluding hydrogens is 463 g/mol. The first-order valence-electron chi connectivity index (χ1n) is 11.3. The van der Waals surface area contributed by atoms with Crippen molar-refractivity contribution in [2.75, 3.05) is 29.6 Å². The first kappa shape index (κ1) is 23.3. The third-order valence-electron chi connectivity index (χ3n) is 6.16. The molecule has 1 fully saturated rings. The van der Waals surface area contributed by atoms with Gasteiger partial charge in [-0.25, -0.2) is 4.98 Å². The predicted octanol–water partition coefficient (Wildman–Crippen LogP) is 5.44. The minimum absolute atomic E-state index is 0.327. The Hall–Kier alpha value is -1.83. The highest BCUT2D eigenvalue weighted by atomic mass is 35.5. The highest BCUT2D eigenvalue weighted by Gasteiger charge is 2.24. The molecule has 0 bridgehead atoms. The van der Waals surface area contributed by atoms with Crippen LogP contribution in [0.15, 0.2) is 18.2 Å². The van der Waals surface area contributed by atoms with Crippen LogP contribution in [0.2, 0.25) is 10.0 Å². The molecular formula is C23H30Cl2N6S. The van der Waals surface area contributed by atoms with E-state index in [1.807, 2.05) is 0 Å². The van der Waals surface area contributed by atoms with Gasteiger partial charge in [-0.1, -0.05) is 23.2 Å². The van der Waals surface area contributed by atoms with E-state index in [1.165, 1.54) is 24.1 Å². The number of aromatic nitrogens is 2. The number of hydrogen-bond donors (Lipinski definition) is 3. The molecule has 1 aromatic heterocycles. The number of nitrogens with one attached hydrogen (secondary N) is 3. The minimum Gasteiger partial charge on any atom is -0.362 e. The van der Waals surface area contributed by atoms with Gasteiger partial charge in [0.15, 0.2) is 5.11 Å². The fourth-order valence-corrected chi connectivity index (χ4v) is 5.12. The average Bonchev–Trinajstić information content (AvgIpc) is 2.77. The van der Waals surface area contributed by atoms with Crippen molar-refractivity contribution in [3.8, 4) is 0 Å². The van der Waals surface area contributed by atoms with Crippen LogP contribution in [0.4, 0.5) is 17.5 Å². The highest BCUT2D eigenvalue weighted by molar-refractivity contribution is 7.80. The third-order valence-corrected chi connectivity index (χ3v) is 6.94. The van der Waals surface area contributed by atoms with Gasteiger partial charge in [-0.2, -0.15) is 4.98 Å². The summed E-state index contributed by atoms with van der Waals surface area (Å²) in [4.78, 5) is 11.8. The van der Waals surface area contributed by atoms with Crippen molar-refractivity contribution in [1.82, 2.24) is 15.3 Å². The maximum absolute atomic E-state index is 6.22. The summed E-state index contributed by atoms with van der Waals surface area (Å²) in [5.41, 5.74) is 3.25. The van der Waals surface area contributed by atoms with Crippen LogP contribution < -0.4 is 20.9 Å². The van der Waals surface area contributed by atoms with Gasteiger partial charge in [-0.05, 0) is 81.8 Å². The van der Waals surface area contributed by atoms with Crippen molar-refractivity contribution < 1.29 is 0 Å². The Morgan fingerprint density at radius 2 is 1.75 bits per heavy atom. The SMILES string of the molecule is CN(C)c1nc(N[C@H]2CC[C@@H](NC(=S)Nc3cc(Cl)ccc3Cl)CC2)nc2c1CCCC2. The first-order chi connectivity index (χ1) is 15.4. The van der Waals surface area contributed by atoms with E-state index in [4.69, 9.17) is 45.4 Å². The van der Waals surface area contributed by atoms with Crippen LogP contribution in [0.25, 0.3) is 0 Å². The van der Waals surface area contributed by atoms with E-state index in [1.54, 1.807) is 18.2 Å². The average molecular weight is 494 g/mol. The zero-order valence-electron chi connectivity index (χ0n) is 18.5. The van der Waals surface area contributed by atoms with E-state index in [0.717, 1.165) is 50.3 Å². The zero-order chi connectivity index (χ0) is 22.7. The van der Waals surface area contributed by atoms with Gasteiger partial charge in [-0.3, -0.25) is 0 Å². The molecule has 9 heteroatoms. The lowest BCUT2D eigenvalue weighted by molar-refractivity contribution is 0.387. The molecule has 6 nitrogen and oxygen atoms in total. The molecule has 0 spiro atoms. The van der Waals surface area contributed by atoms with E-state index in [2.05, 4.69) is 34.9 Å².